The van der Waals surface area contributed by atoms with Crippen molar-refractivity contribution in [3.8, 4) is 10.6 Å². The lowest BCUT2D eigenvalue weighted by Gasteiger charge is -2.26. The third kappa shape index (κ3) is 3.84. The minimum Gasteiger partial charge on any atom is -0.452 e. The van der Waals surface area contributed by atoms with E-state index in [2.05, 4.69) is 4.98 Å². The maximum atomic E-state index is 12.6. The molecule has 27 heavy (non-hydrogen) atoms. The molecule has 0 radical (unpaired) electrons. The number of hydrogen-bond acceptors (Lipinski definition) is 6. The molecular formula is C20H18N2O4S. The maximum absolute atomic E-state index is 12.6. The van der Waals surface area contributed by atoms with Crippen LogP contribution in [0, 0.1) is 0 Å². The first-order valence-corrected chi connectivity index (χ1v) is 9.51. The van der Waals surface area contributed by atoms with E-state index in [1.54, 1.807) is 17.0 Å². The van der Waals surface area contributed by atoms with Gasteiger partial charge in [0, 0.05) is 18.7 Å². The zero-order chi connectivity index (χ0) is 18.6. The lowest BCUT2D eigenvalue weighted by molar-refractivity contribution is -0.138. The summed E-state index contributed by atoms with van der Waals surface area (Å²) in [7, 11) is 0. The second-order valence-corrected chi connectivity index (χ2v) is 7.13. The fraction of sp³-hybridized carbons (Fsp3) is 0.250. The molecular weight excluding hydrogens is 364 g/mol. The van der Waals surface area contributed by atoms with Crippen molar-refractivity contribution in [3.05, 3.63) is 54.1 Å². The Labute approximate surface area is 160 Å². The normalized spacial score (nSPS) is 14.3. The number of fused-ring (bicyclic) bond motifs is 1. The van der Waals surface area contributed by atoms with Gasteiger partial charge in [-0.1, -0.05) is 30.3 Å². The van der Waals surface area contributed by atoms with Crippen molar-refractivity contribution in [1.82, 2.24) is 9.88 Å². The van der Waals surface area contributed by atoms with E-state index >= 15 is 0 Å². The minimum absolute atomic E-state index is 0.205. The van der Waals surface area contributed by atoms with Gasteiger partial charge in [-0.25, -0.2) is 9.78 Å². The summed E-state index contributed by atoms with van der Waals surface area (Å²) in [6, 6.07) is 15.0. The van der Waals surface area contributed by atoms with Gasteiger partial charge in [-0.15, -0.1) is 11.3 Å². The SMILES string of the molecule is O=C(OCC(=O)N1CCOCC1)c1ccccc1-c1nc2ccccc2s1. The smallest absolute Gasteiger partial charge is 0.339 e. The first-order valence-electron chi connectivity index (χ1n) is 8.70. The van der Waals surface area contributed by atoms with Gasteiger partial charge in [0.15, 0.2) is 6.61 Å². The lowest BCUT2D eigenvalue weighted by Crippen LogP contribution is -2.42. The van der Waals surface area contributed by atoms with Gasteiger partial charge in [-0.05, 0) is 18.2 Å². The number of rotatable bonds is 4. The van der Waals surface area contributed by atoms with Crippen molar-refractivity contribution in [1.29, 1.82) is 0 Å². The molecule has 2 aromatic carbocycles. The van der Waals surface area contributed by atoms with Gasteiger partial charge < -0.3 is 14.4 Å². The Hall–Kier alpha value is -2.77. The number of aromatic nitrogens is 1. The van der Waals surface area contributed by atoms with Crippen LogP contribution in [-0.4, -0.2) is 54.7 Å². The van der Waals surface area contributed by atoms with Gasteiger partial charge in [0.2, 0.25) is 0 Å². The number of carbonyl (C=O) groups excluding carboxylic acids is 2. The van der Waals surface area contributed by atoms with E-state index < -0.39 is 5.97 Å². The van der Waals surface area contributed by atoms with E-state index in [0.29, 0.717) is 37.4 Å². The number of para-hydroxylation sites is 1. The van der Waals surface area contributed by atoms with Crippen LogP contribution in [0.4, 0.5) is 0 Å². The third-order valence-electron chi connectivity index (χ3n) is 4.36. The topological polar surface area (TPSA) is 68.7 Å². The zero-order valence-corrected chi connectivity index (χ0v) is 15.4. The quantitative estimate of drug-likeness (QED) is 0.649. The Bertz CT molecular complexity index is 946. The predicted octanol–water partition coefficient (Wildman–Crippen LogP) is 2.98. The number of thiazole rings is 1. The van der Waals surface area contributed by atoms with Crippen LogP contribution in [0.15, 0.2) is 48.5 Å². The Kier molecular flexibility index (Phi) is 5.13. The van der Waals surface area contributed by atoms with Crippen LogP contribution in [0.5, 0.6) is 0 Å². The highest BCUT2D eigenvalue weighted by molar-refractivity contribution is 7.21. The summed E-state index contributed by atoms with van der Waals surface area (Å²) >= 11 is 1.52. The molecule has 0 unspecified atom stereocenters. The highest BCUT2D eigenvalue weighted by atomic mass is 32.1. The van der Waals surface area contributed by atoms with E-state index in [0.717, 1.165) is 15.2 Å². The van der Waals surface area contributed by atoms with Crippen LogP contribution in [-0.2, 0) is 14.3 Å². The molecule has 1 saturated heterocycles. The number of carbonyl (C=O) groups is 2. The summed E-state index contributed by atoms with van der Waals surface area (Å²) in [4.78, 5) is 31.1. The molecule has 1 fully saturated rings. The van der Waals surface area contributed by atoms with Gasteiger partial charge in [0.1, 0.15) is 5.01 Å². The summed E-state index contributed by atoms with van der Waals surface area (Å²) in [5, 5.41) is 0.753. The monoisotopic (exact) mass is 382 g/mol. The van der Waals surface area contributed by atoms with Gasteiger partial charge in [-0.3, -0.25) is 4.79 Å². The number of esters is 1. The summed E-state index contributed by atoms with van der Waals surface area (Å²) in [6.07, 6.45) is 0. The number of benzene rings is 2. The van der Waals surface area contributed by atoms with Crippen LogP contribution in [0.25, 0.3) is 20.8 Å². The Morgan fingerprint density at radius 3 is 2.63 bits per heavy atom. The van der Waals surface area contributed by atoms with Crippen LogP contribution in [0.3, 0.4) is 0 Å². The van der Waals surface area contributed by atoms with Crippen molar-refractivity contribution in [2.24, 2.45) is 0 Å². The zero-order valence-electron chi connectivity index (χ0n) is 14.6. The summed E-state index contributed by atoms with van der Waals surface area (Å²) in [6.45, 7) is 1.81. The first kappa shape index (κ1) is 17.6. The fourth-order valence-electron chi connectivity index (χ4n) is 2.94. The molecule has 1 aromatic heterocycles. The molecule has 4 rings (SSSR count). The predicted molar refractivity (Wildman–Crippen MR) is 103 cm³/mol. The number of hydrogen-bond donors (Lipinski definition) is 0. The highest BCUT2D eigenvalue weighted by Gasteiger charge is 2.21. The van der Waals surface area contributed by atoms with E-state index in [-0.39, 0.29) is 12.5 Å². The molecule has 7 heteroatoms. The number of morpholine rings is 1. The standard InChI is InChI=1S/C20H18N2O4S/c23-18(22-9-11-25-12-10-22)13-26-20(24)15-6-2-1-5-14(15)19-21-16-7-3-4-8-17(16)27-19/h1-8H,9-13H2. The van der Waals surface area contributed by atoms with Gasteiger partial charge in [0.05, 0.1) is 29.0 Å². The molecule has 2 heterocycles. The van der Waals surface area contributed by atoms with Gasteiger partial charge in [-0.2, -0.15) is 0 Å². The number of nitrogens with zero attached hydrogens (tertiary/aromatic N) is 2. The van der Waals surface area contributed by atoms with Crippen molar-refractivity contribution in [3.63, 3.8) is 0 Å². The van der Waals surface area contributed by atoms with E-state index in [9.17, 15) is 9.59 Å². The van der Waals surface area contributed by atoms with Gasteiger partial charge >= 0.3 is 5.97 Å². The third-order valence-corrected chi connectivity index (χ3v) is 5.43. The summed E-state index contributed by atoms with van der Waals surface area (Å²) in [5.41, 5.74) is 2.01. The molecule has 1 amide bonds. The highest BCUT2D eigenvalue weighted by Crippen LogP contribution is 2.32. The largest absolute Gasteiger partial charge is 0.452 e. The molecule has 3 aromatic rings. The van der Waals surface area contributed by atoms with Crippen molar-refractivity contribution >= 4 is 33.4 Å². The second kappa shape index (κ2) is 7.85. The minimum atomic E-state index is -0.522. The lowest BCUT2D eigenvalue weighted by atomic mass is 10.1. The summed E-state index contributed by atoms with van der Waals surface area (Å²) in [5.74, 6) is -0.726. The van der Waals surface area contributed by atoms with Crippen molar-refractivity contribution in [2.75, 3.05) is 32.9 Å². The Morgan fingerprint density at radius 2 is 1.81 bits per heavy atom. The van der Waals surface area contributed by atoms with E-state index in [1.807, 2.05) is 36.4 Å². The molecule has 6 nitrogen and oxygen atoms in total. The Morgan fingerprint density at radius 1 is 1.07 bits per heavy atom. The molecule has 0 bridgehead atoms. The van der Waals surface area contributed by atoms with Crippen LogP contribution >= 0.6 is 11.3 Å². The fourth-order valence-corrected chi connectivity index (χ4v) is 3.95. The summed E-state index contributed by atoms with van der Waals surface area (Å²) < 4.78 is 11.6. The Balaban J connectivity index is 1.51. The first-order chi connectivity index (χ1) is 13.2. The average molecular weight is 382 g/mol. The second-order valence-electron chi connectivity index (χ2n) is 6.10. The average Bonchev–Trinajstić information content (AvgIpc) is 3.16. The molecule has 0 saturated carbocycles. The molecule has 0 aliphatic carbocycles. The van der Waals surface area contributed by atoms with Crippen molar-refractivity contribution in [2.45, 2.75) is 0 Å². The van der Waals surface area contributed by atoms with Crippen molar-refractivity contribution < 1.29 is 19.1 Å². The number of ether oxygens (including phenoxy) is 2. The maximum Gasteiger partial charge on any atom is 0.339 e. The van der Waals surface area contributed by atoms with Gasteiger partial charge in [0.25, 0.3) is 5.91 Å². The van der Waals surface area contributed by atoms with E-state index in [1.165, 1.54) is 11.3 Å². The molecule has 1 aliphatic heterocycles. The molecule has 138 valence electrons. The molecule has 0 atom stereocenters. The van der Waals surface area contributed by atoms with Crippen LogP contribution in [0.1, 0.15) is 10.4 Å². The molecule has 0 spiro atoms. The number of amides is 1. The molecule has 1 aliphatic rings. The molecule has 0 N–H and O–H groups in total. The van der Waals surface area contributed by atoms with E-state index in [4.69, 9.17) is 9.47 Å². The van der Waals surface area contributed by atoms with Crippen LogP contribution in [0.2, 0.25) is 0 Å². The van der Waals surface area contributed by atoms with Crippen LogP contribution < -0.4 is 0 Å².